The SMILES string of the molecule is CCOCCCN1C(=O)C(Nc2ccc(C)cc2C)=C(c2ccc([N+](=O)[O-])cc2)C1=O. The van der Waals surface area contributed by atoms with Crippen LogP contribution in [0, 0.1) is 24.0 Å². The molecule has 0 fully saturated rings. The molecule has 0 aliphatic carbocycles. The third-order valence-corrected chi connectivity index (χ3v) is 5.05. The van der Waals surface area contributed by atoms with Crippen LogP contribution >= 0.6 is 0 Å². The summed E-state index contributed by atoms with van der Waals surface area (Å²) >= 11 is 0. The molecule has 2 aromatic carbocycles. The fourth-order valence-electron chi connectivity index (χ4n) is 3.47. The number of nitro groups is 1. The number of ether oxygens (including phenoxy) is 1. The second-order valence-corrected chi connectivity index (χ2v) is 7.31. The molecule has 1 aliphatic heterocycles. The van der Waals surface area contributed by atoms with Gasteiger partial charge in [-0.05, 0) is 56.5 Å². The molecule has 1 heterocycles. The Morgan fingerprint density at radius 3 is 2.39 bits per heavy atom. The molecule has 3 rings (SSSR count). The summed E-state index contributed by atoms with van der Waals surface area (Å²) in [4.78, 5) is 38.0. The topological polar surface area (TPSA) is 102 Å². The van der Waals surface area contributed by atoms with Gasteiger partial charge in [-0.2, -0.15) is 0 Å². The van der Waals surface area contributed by atoms with Crippen LogP contribution in [0.2, 0.25) is 0 Å². The Hall–Kier alpha value is -3.52. The second kappa shape index (κ2) is 9.53. The molecule has 0 radical (unpaired) electrons. The van der Waals surface area contributed by atoms with E-state index in [0.717, 1.165) is 16.8 Å². The fourth-order valence-corrected chi connectivity index (χ4v) is 3.47. The van der Waals surface area contributed by atoms with Crippen molar-refractivity contribution in [2.45, 2.75) is 27.2 Å². The molecular formula is C23H25N3O5. The average Bonchev–Trinajstić information content (AvgIpc) is 2.97. The first-order valence-electron chi connectivity index (χ1n) is 10.1. The number of nitro benzene ring substituents is 1. The molecule has 0 bridgehead atoms. The highest BCUT2D eigenvalue weighted by atomic mass is 16.6. The van der Waals surface area contributed by atoms with E-state index >= 15 is 0 Å². The van der Waals surface area contributed by atoms with Crippen LogP contribution in [0.15, 0.2) is 48.2 Å². The fraction of sp³-hybridized carbons (Fsp3) is 0.304. The minimum absolute atomic E-state index is 0.0846. The van der Waals surface area contributed by atoms with E-state index in [1.54, 1.807) is 0 Å². The van der Waals surface area contributed by atoms with E-state index in [9.17, 15) is 19.7 Å². The van der Waals surface area contributed by atoms with E-state index < -0.39 is 16.7 Å². The lowest BCUT2D eigenvalue weighted by Gasteiger charge is -2.15. The minimum Gasteiger partial charge on any atom is -0.382 e. The van der Waals surface area contributed by atoms with E-state index in [2.05, 4.69) is 5.32 Å². The van der Waals surface area contributed by atoms with Gasteiger partial charge >= 0.3 is 0 Å². The standard InChI is InChI=1S/C23H25N3O5/c1-4-31-13-5-12-25-22(27)20(17-7-9-18(10-8-17)26(29)30)21(23(25)28)24-19-11-6-15(2)14-16(19)3/h6-11,14,24H,4-5,12-13H2,1-3H3. The van der Waals surface area contributed by atoms with Crippen molar-refractivity contribution in [1.29, 1.82) is 0 Å². The molecule has 162 valence electrons. The first kappa shape index (κ1) is 22.2. The predicted octanol–water partition coefficient (Wildman–Crippen LogP) is 3.83. The van der Waals surface area contributed by atoms with E-state index in [1.165, 1.54) is 29.2 Å². The van der Waals surface area contributed by atoms with Crippen molar-refractivity contribution in [1.82, 2.24) is 4.90 Å². The lowest BCUT2D eigenvalue weighted by atomic mass is 10.0. The highest BCUT2D eigenvalue weighted by molar-refractivity contribution is 6.36. The Bertz CT molecular complexity index is 1040. The summed E-state index contributed by atoms with van der Waals surface area (Å²) in [6.45, 7) is 7.01. The molecule has 0 spiro atoms. The summed E-state index contributed by atoms with van der Waals surface area (Å²) in [7, 11) is 0. The van der Waals surface area contributed by atoms with Gasteiger partial charge in [0.15, 0.2) is 0 Å². The molecular weight excluding hydrogens is 398 g/mol. The van der Waals surface area contributed by atoms with Crippen molar-refractivity contribution in [3.05, 3.63) is 75.0 Å². The van der Waals surface area contributed by atoms with Crippen LogP contribution < -0.4 is 5.32 Å². The Morgan fingerprint density at radius 1 is 1.06 bits per heavy atom. The van der Waals surface area contributed by atoms with Gasteiger partial charge in [0.2, 0.25) is 0 Å². The maximum Gasteiger partial charge on any atom is 0.278 e. The highest BCUT2D eigenvalue weighted by Crippen LogP contribution is 2.32. The van der Waals surface area contributed by atoms with Crippen LogP contribution in [0.4, 0.5) is 11.4 Å². The monoisotopic (exact) mass is 423 g/mol. The van der Waals surface area contributed by atoms with Gasteiger partial charge in [-0.25, -0.2) is 0 Å². The first-order chi connectivity index (χ1) is 14.8. The number of benzene rings is 2. The maximum atomic E-state index is 13.2. The van der Waals surface area contributed by atoms with Crippen molar-refractivity contribution in [2.24, 2.45) is 0 Å². The molecule has 31 heavy (non-hydrogen) atoms. The Labute approximate surface area is 180 Å². The highest BCUT2D eigenvalue weighted by Gasteiger charge is 2.39. The molecule has 1 N–H and O–H groups in total. The van der Waals surface area contributed by atoms with Gasteiger partial charge in [0.25, 0.3) is 17.5 Å². The number of carbonyl (C=O) groups excluding carboxylic acids is 2. The van der Waals surface area contributed by atoms with Crippen molar-refractivity contribution in [2.75, 3.05) is 25.1 Å². The number of aryl methyl sites for hydroxylation is 2. The van der Waals surface area contributed by atoms with Gasteiger partial charge in [0.05, 0.1) is 10.5 Å². The molecule has 1 aliphatic rings. The summed E-state index contributed by atoms with van der Waals surface area (Å²) in [5.41, 5.74) is 3.47. The molecule has 0 unspecified atom stereocenters. The summed E-state index contributed by atoms with van der Waals surface area (Å²) in [5, 5.41) is 14.1. The lowest BCUT2D eigenvalue weighted by molar-refractivity contribution is -0.384. The van der Waals surface area contributed by atoms with Crippen LogP contribution in [0.25, 0.3) is 5.57 Å². The number of nitrogens with one attached hydrogen (secondary N) is 1. The van der Waals surface area contributed by atoms with Crippen LogP contribution in [-0.4, -0.2) is 41.4 Å². The van der Waals surface area contributed by atoms with Gasteiger partial charge in [-0.15, -0.1) is 0 Å². The summed E-state index contributed by atoms with van der Waals surface area (Å²) in [6.07, 6.45) is 0.524. The molecule has 8 nitrogen and oxygen atoms in total. The number of hydrogen-bond acceptors (Lipinski definition) is 6. The van der Waals surface area contributed by atoms with Gasteiger partial charge in [0, 0.05) is 37.6 Å². The van der Waals surface area contributed by atoms with Crippen LogP contribution in [0.3, 0.4) is 0 Å². The molecule has 2 aromatic rings. The number of imide groups is 1. The summed E-state index contributed by atoms with van der Waals surface area (Å²) in [6, 6.07) is 11.4. The number of hydrogen-bond donors (Lipinski definition) is 1. The number of non-ortho nitro benzene ring substituents is 1. The van der Waals surface area contributed by atoms with E-state index in [0.29, 0.717) is 25.2 Å². The Morgan fingerprint density at radius 2 is 1.77 bits per heavy atom. The van der Waals surface area contributed by atoms with Crippen molar-refractivity contribution in [3.63, 3.8) is 0 Å². The molecule has 0 atom stereocenters. The molecule has 0 saturated carbocycles. The predicted molar refractivity (Wildman–Crippen MR) is 117 cm³/mol. The summed E-state index contributed by atoms with van der Waals surface area (Å²) in [5.74, 6) is -0.850. The zero-order chi connectivity index (χ0) is 22.5. The molecule has 0 saturated heterocycles. The van der Waals surface area contributed by atoms with Gasteiger partial charge < -0.3 is 10.1 Å². The normalized spacial score (nSPS) is 13.8. The Kier molecular flexibility index (Phi) is 6.81. The summed E-state index contributed by atoms with van der Waals surface area (Å²) < 4.78 is 5.32. The molecule has 0 aromatic heterocycles. The number of nitrogens with zero attached hydrogens (tertiary/aromatic N) is 2. The Balaban J connectivity index is 1.98. The third-order valence-electron chi connectivity index (χ3n) is 5.05. The number of carbonyl (C=O) groups is 2. The van der Waals surface area contributed by atoms with Crippen LogP contribution in [0.1, 0.15) is 30.0 Å². The van der Waals surface area contributed by atoms with E-state index in [1.807, 2.05) is 39.0 Å². The number of amides is 2. The zero-order valence-electron chi connectivity index (χ0n) is 17.8. The van der Waals surface area contributed by atoms with Crippen molar-refractivity contribution >= 4 is 28.8 Å². The van der Waals surface area contributed by atoms with Crippen molar-refractivity contribution < 1.29 is 19.2 Å². The van der Waals surface area contributed by atoms with Gasteiger partial charge in [-0.1, -0.05) is 17.7 Å². The first-order valence-corrected chi connectivity index (χ1v) is 10.1. The van der Waals surface area contributed by atoms with E-state index in [-0.39, 0.29) is 23.5 Å². The van der Waals surface area contributed by atoms with Crippen molar-refractivity contribution in [3.8, 4) is 0 Å². The van der Waals surface area contributed by atoms with E-state index in [4.69, 9.17) is 4.74 Å². The zero-order valence-corrected chi connectivity index (χ0v) is 17.8. The second-order valence-electron chi connectivity index (χ2n) is 7.31. The quantitative estimate of drug-likeness (QED) is 0.285. The largest absolute Gasteiger partial charge is 0.382 e. The smallest absolute Gasteiger partial charge is 0.278 e. The number of anilines is 1. The number of rotatable bonds is 9. The van der Waals surface area contributed by atoms with Gasteiger partial charge in [-0.3, -0.25) is 24.6 Å². The third kappa shape index (κ3) is 4.80. The molecule has 2 amide bonds. The van der Waals surface area contributed by atoms with Crippen LogP contribution in [-0.2, 0) is 14.3 Å². The van der Waals surface area contributed by atoms with Crippen LogP contribution in [0.5, 0.6) is 0 Å². The lowest BCUT2D eigenvalue weighted by Crippen LogP contribution is -2.34. The minimum atomic E-state index is -0.505. The molecule has 8 heteroatoms. The average molecular weight is 423 g/mol. The maximum absolute atomic E-state index is 13.2. The van der Waals surface area contributed by atoms with Gasteiger partial charge in [0.1, 0.15) is 5.70 Å².